The number of para-hydroxylation sites is 2. The monoisotopic (exact) mass is 426 g/mol. The van der Waals surface area contributed by atoms with E-state index >= 15 is 0 Å². The van der Waals surface area contributed by atoms with Crippen molar-refractivity contribution in [3.63, 3.8) is 0 Å². The van der Waals surface area contributed by atoms with Gasteiger partial charge in [0.25, 0.3) is 5.91 Å². The van der Waals surface area contributed by atoms with Crippen molar-refractivity contribution >= 4 is 34.6 Å². The van der Waals surface area contributed by atoms with Gasteiger partial charge in [0.05, 0.1) is 22.0 Å². The molecule has 8 heteroatoms. The van der Waals surface area contributed by atoms with Gasteiger partial charge in [-0.1, -0.05) is 12.1 Å². The van der Waals surface area contributed by atoms with Crippen LogP contribution in [0, 0.1) is 5.82 Å². The van der Waals surface area contributed by atoms with Gasteiger partial charge in [0.15, 0.2) is 0 Å². The van der Waals surface area contributed by atoms with Crippen LogP contribution in [0.1, 0.15) is 28.4 Å². The second kappa shape index (κ2) is 8.87. The smallest absolute Gasteiger partial charge is 0.253 e. The topological polar surface area (TPSA) is 69.3 Å². The van der Waals surface area contributed by atoms with Gasteiger partial charge in [-0.15, -0.1) is 11.8 Å². The molecule has 1 aliphatic heterocycles. The number of amides is 2. The highest BCUT2D eigenvalue weighted by Gasteiger charge is 2.25. The average Bonchev–Trinajstić information content (AvgIpc) is 3.22. The van der Waals surface area contributed by atoms with Crippen molar-refractivity contribution in [1.29, 1.82) is 0 Å². The molecule has 0 bridgehead atoms. The number of aromatic amines is 1. The van der Waals surface area contributed by atoms with E-state index in [0.717, 1.165) is 16.9 Å². The number of carbonyl (C=O) groups excluding carboxylic acids is 2. The third kappa shape index (κ3) is 4.48. The fourth-order valence-electron chi connectivity index (χ4n) is 3.47. The summed E-state index contributed by atoms with van der Waals surface area (Å²) in [6.07, 6.45) is 0. The van der Waals surface area contributed by atoms with Crippen molar-refractivity contribution in [2.75, 3.05) is 31.9 Å². The van der Waals surface area contributed by atoms with Crippen LogP contribution in [0.4, 0.5) is 4.39 Å². The standard InChI is InChI=1S/C22H23FN4O2S/c1-15(21-24-18-4-2-3-5-19(18)25-21)30-14-20(28)26-10-12-27(13-11-26)22(29)16-6-8-17(23)9-7-16/h2-9,15H,10-14H2,1H3,(H,24,25). The Labute approximate surface area is 178 Å². The van der Waals surface area contributed by atoms with Gasteiger partial charge in [0.2, 0.25) is 5.91 Å². The minimum absolute atomic E-state index is 0.0665. The Balaban J connectivity index is 1.27. The molecule has 1 fully saturated rings. The first kappa shape index (κ1) is 20.4. The quantitative estimate of drug-likeness (QED) is 0.678. The van der Waals surface area contributed by atoms with E-state index in [-0.39, 0.29) is 22.9 Å². The van der Waals surface area contributed by atoms with Crippen LogP contribution in [0.25, 0.3) is 11.0 Å². The summed E-state index contributed by atoms with van der Waals surface area (Å²) < 4.78 is 13.0. The molecule has 0 aliphatic carbocycles. The molecular formula is C22H23FN4O2S. The van der Waals surface area contributed by atoms with Crippen molar-refractivity contribution in [3.8, 4) is 0 Å². The Morgan fingerprint density at radius 3 is 2.43 bits per heavy atom. The molecule has 2 heterocycles. The van der Waals surface area contributed by atoms with E-state index in [1.807, 2.05) is 31.2 Å². The number of imidazole rings is 1. The number of piperazine rings is 1. The van der Waals surface area contributed by atoms with Gasteiger partial charge in [0.1, 0.15) is 11.6 Å². The van der Waals surface area contributed by atoms with Crippen molar-refractivity contribution in [1.82, 2.24) is 19.8 Å². The van der Waals surface area contributed by atoms with Crippen LogP contribution >= 0.6 is 11.8 Å². The fraction of sp³-hybridized carbons (Fsp3) is 0.318. The number of benzene rings is 2. The summed E-state index contributed by atoms with van der Waals surface area (Å²) in [5.74, 6) is 0.802. The van der Waals surface area contributed by atoms with E-state index < -0.39 is 0 Å². The second-order valence-corrected chi connectivity index (χ2v) is 8.60. The van der Waals surface area contributed by atoms with Crippen molar-refractivity contribution in [3.05, 3.63) is 65.7 Å². The first-order valence-electron chi connectivity index (χ1n) is 9.90. The Bertz CT molecular complexity index is 1010. The average molecular weight is 427 g/mol. The Hall–Kier alpha value is -2.87. The highest BCUT2D eigenvalue weighted by Crippen LogP contribution is 2.28. The van der Waals surface area contributed by atoms with Crippen molar-refractivity contribution in [2.24, 2.45) is 0 Å². The summed E-state index contributed by atoms with van der Waals surface area (Å²) in [4.78, 5) is 36.6. The molecule has 2 amide bonds. The maximum Gasteiger partial charge on any atom is 0.253 e. The molecule has 1 aliphatic rings. The van der Waals surface area contributed by atoms with E-state index in [0.29, 0.717) is 37.5 Å². The third-order valence-corrected chi connectivity index (χ3v) is 6.40. The zero-order valence-corrected chi connectivity index (χ0v) is 17.5. The van der Waals surface area contributed by atoms with Crippen LogP contribution in [0.15, 0.2) is 48.5 Å². The minimum atomic E-state index is -0.364. The third-order valence-electron chi connectivity index (χ3n) is 5.26. The van der Waals surface area contributed by atoms with Gasteiger partial charge >= 0.3 is 0 Å². The molecule has 156 valence electrons. The molecule has 4 rings (SSSR count). The number of hydrogen-bond donors (Lipinski definition) is 1. The zero-order chi connectivity index (χ0) is 21.1. The van der Waals surface area contributed by atoms with Crippen LogP contribution in [0.3, 0.4) is 0 Å². The predicted octanol–water partition coefficient (Wildman–Crippen LogP) is 3.48. The zero-order valence-electron chi connectivity index (χ0n) is 16.7. The van der Waals surface area contributed by atoms with Gasteiger partial charge in [-0.05, 0) is 43.3 Å². The van der Waals surface area contributed by atoms with E-state index in [1.54, 1.807) is 21.6 Å². The number of nitrogens with one attached hydrogen (secondary N) is 1. The van der Waals surface area contributed by atoms with E-state index in [1.165, 1.54) is 24.3 Å². The molecule has 0 saturated carbocycles. The lowest BCUT2D eigenvalue weighted by molar-refractivity contribution is -0.129. The van der Waals surface area contributed by atoms with Gasteiger partial charge in [0, 0.05) is 31.7 Å². The number of rotatable bonds is 5. The molecular weight excluding hydrogens is 403 g/mol. The Morgan fingerprint density at radius 1 is 1.07 bits per heavy atom. The highest BCUT2D eigenvalue weighted by atomic mass is 32.2. The number of carbonyl (C=O) groups is 2. The van der Waals surface area contributed by atoms with Gasteiger partial charge < -0.3 is 14.8 Å². The SMILES string of the molecule is CC(SCC(=O)N1CCN(C(=O)c2ccc(F)cc2)CC1)c1nc2ccccc2[nH]1. The first-order valence-corrected chi connectivity index (χ1v) is 10.9. The van der Waals surface area contributed by atoms with Crippen LogP contribution in [0.5, 0.6) is 0 Å². The van der Waals surface area contributed by atoms with Gasteiger partial charge in [-0.25, -0.2) is 9.37 Å². The number of nitrogens with zero attached hydrogens (tertiary/aromatic N) is 3. The van der Waals surface area contributed by atoms with Gasteiger partial charge in [-0.3, -0.25) is 9.59 Å². The van der Waals surface area contributed by atoms with Crippen LogP contribution in [0.2, 0.25) is 0 Å². The normalized spacial score (nSPS) is 15.4. The fourth-order valence-corrected chi connectivity index (χ4v) is 4.31. The van der Waals surface area contributed by atoms with Crippen molar-refractivity contribution < 1.29 is 14.0 Å². The predicted molar refractivity (Wildman–Crippen MR) is 116 cm³/mol. The summed E-state index contributed by atoms with van der Waals surface area (Å²) >= 11 is 1.55. The van der Waals surface area contributed by atoms with Gasteiger partial charge in [-0.2, -0.15) is 0 Å². The summed E-state index contributed by atoms with van der Waals surface area (Å²) in [5, 5.41) is 0.0719. The van der Waals surface area contributed by atoms with E-state index in [2.05, 4.69) is 9.97 Å². The number of H-pyrrole nitrogens is 1. The lowest BCUT2D eigenvalue weighted by atomic mass is 10.2. The highest BCUT2D eigenvalue weighted by molar-refractivity contribution is 8.00. The maximum absolute atomic E-state index is 13.0. The lowest BCUT2D eigenvalue weighted by Gasteiger charge is -2.35. The molecule has 30 heavy (non-hydrogen) atoms. The molecule has 6 nitrogen and oxygen atoms in total. The molecule has 3 aromatic rings. The number of thioether (sulfide) groups is 1. The molecule has 0 radical (unpaired) electrons. The first-order chi connectivity index (χ1) is 14.5. The van der Waals surface area contributed by atoms with E-state index in [9.17, 15) is 14.0 Å². The number of halogens is 1. The molecule has 2 aromatic carbocycles. The number of fused-ring (bicyclic) bond motifs is 1. The molecule has 0 spiro atoms. The summed E-state index contributed by atoms with van der Waals surface area (Å²) in [6.45, 7) is 4.00. The molecule has 1 saturated heterocycles. The summed E-state index contributed by atoms with van der Waals surface area (Å²) in [7, 11) is 0. The van der Waals surface area contributed by atoms with Crippen LogP contribution in [-0.2, 0) is 4.79 Å². The Morgan fingerprint density at radius 2 is 1.73 bits per heavy atom. The molecule has 1 aromatic heterocycles. The van der Waals surface area contributed by atoms with Crippen LogP contribution < -0.4 is 0 Å². The maximum atomic E-state index is 13.0. The number of hydrogen-bond acceptors (Lipinski definition) is 4. The molecule has 1 unspecified atom stereocenters. The van der Waals surface area contributed by atoms with Crippen LogP contribution in [-0.4, -0.2) is 63.5 Å². The largest absolute Gasteiger partial charge is 0.341 e. The Kier molecular flexibility index (Phi) is 6.03. The number of aromatic nitrogens is 2. The molecule has 1 atom stereocenters. The van der Waals surface area contributed by atoms with Crippen molar-refractivity contribution in [2.45, 2.75) is 12.2 Å². The molecule has 1 N–H and O–H groups in total. The minimum Gasteiger partial charge on any atom is -0.341 e. The summed E-state index contributed by atoms with van der Waals surface area (Å²) in [6, 6.07) is 13.4. The van der Waals surface area contributed by atoms with E-state index in [4.69, 9.17) is 0 Å². The summed E-state index contributed by atoms with van der Waals surface area (Å²) in [5.41, 5.74) is 2.38. The second-order valence-electron chi connectivity index (χ2n) is 7.27. The lowest BCUT2D eigenvalue weighted by Crippen LogP contribution is -2.51.